The Labute approximate surface area is 120 Å². The minimum Gasteiger partial charge on any atom is -0.480 e. The molecule has 6 nitrogen and oxygen atoms in total. The molecule has 1 heterocycles. The first-order valence-corrected chi connectivity index (χ1v) is 6.19. The maximum atomic E-state index is 12.2. The van der Waals surface area contributed by atoms with E-state index in [9.17, 15) is 9.59 Å². The number of carbonyl (C=O) groups excluding carboxylic acids is 1. The Morgan fingerprint density at radius 3 is 2.55 bits per heavy atom. The fourth-order valence-electron chi connectivity index (χ4n) is 1.70. The zero-order chi connectivity index (χ0) is 14.5. The molecule has 1 N–H and O–H groups in total. The predicted octanol–water partition coefficient (Wildman–Crippen LogP) is 1.65. The number of aliphatic carboxylic acids is 1. The largest absolute Gasteiger partial charge is 0.480 e. The lowest BCUT2D eigenvalue weighted by Crippen LogP contribution is -2.38. The number of carboxylic acids is 1. The minimum atomic E-state index is -1.09. The van der Waals surface area contributed by atoms with E-state index in [1.54, 1.807) is 42.7 Å². The second-order valence-electron chi connectivity index (χ2n) is 4.05. The van der Waals surface area contributed by atoms with Gasteiger partial charge < -0.3 is 5.11 Å². The number of carbonyl (C=O) groups is 2. The van der Waals surface area contributed by atoms with E-state index in [1.807, 2.05) is 0 Å². The second-order valence-corrected chi connectivity index (χ2v) is 4.49. The van der Waals surface area contributed by atoms with Crippen LogP contribution in [0.5, 0.6) is 0 Å². The van der Waals surface area contributed by atoms with Crippen LogP contribution in [0.1, 0.15) is 0 Å². The summed E-state index contributed by atoms with van der Waals surface area (Å²) in [6, 6.07) is 8.11. The quantitative estimate of drug-likeness (QED) is 0.909. The monoisotopic (exact) mass is 293 g/mol. The van der Waals surface area contributed by atoms with Gasteiger partial charge in [-0.3, -0.25) is 19.2 Å². The Bertz CT molecular complexity index is 596. The Kier molecular flexibility index (Phi) is 4.37. The van der Waals surface area contributed by atoms with Gasteiger partial charge >= 0.3 is 5.97 Å². The highest BCUT2D eigenvalue weighted by atomic mass is 35.5. The number of rotatable bonds is 5. The van der Waals surface area contributed by atoms with Crippen molar-refractivity contribution in [2.75, 3.05) is 11.4 Å². The molecule has 0 aliphatic carbocycles. The van der Waals surface area contributed by atoms with E-state index >= 15 is 0 Å². The Morgan fingerprint density at radius 1 is 1.30 bits per heavy atom. The number of hydrogen-bond donors (Lipinski definition) is 1. The molecule has 7 heteroatoms. The molecule has 0 atom stereocenters. The third kappa shape index (κ3) is 3.58. The normalized spacial score (nSPS) is 10.2. The lowest BCUT2D eigenvalue weighted by Gasteiger charge is -2.21. The number of amides is 1. The fourth-order valence-corrected chi connectivity index (χ4v) is 1.82. The minimum absolute atomic E-state index is 0.0249. The molecule has 0 fully saturated rings. The molecule has 2 aromatic rings. The van der Waals surface area contributed by atoms with Crippen LogP contribution in [0.25, 0.3) is 0 Å². The van der Waals surface area contributed by atoms with E-state index in [0.29, 0.717) is 10.7 Å². The predicted molar refractivity (Wildman–Crippen MR) is 73.7 cm³/mol. The van der Waals surface area contributed by atoms with Gasteiger partial charge in [-0.25, -0.2) is 0 Å². The Morgan fingerprint density at radius 2 is 2.00 bits per heavy atom. The molecule has 0 bridgehead atoms. The van der Waals surface area contributed by atoms with Crippen molar-refractivity contribution in [1.29, 1.82) is 0 Å². The van der Waals surface area contributed by atoms with Crippen LogP contribution in [0.4, 0.5) is 5.69 Å². The van der Waals surface area contributed by atoms with Gasteiger partial charge in [0.1, 0.15) is 13.1 Å². The average molecular weight is 294 g/mol. The summed E-state index contributed by atoms with van der Waals surface area (Å²) in [5.74, 6) is -1.45. The summed E-state index contributed by atoms with van der Waals surface area (Å²) in [4.78, 5) is 24.3. The highest BCUT2D eigenvalue weighted by Gasteiger charge is 2.19. The number of halogens is 1. The van der Waals surface area contributed by atoms with Crippen molar-refractivity contribution < 1.29 is 14.7 Å². The number of benzene rings is 1. The maximum absolute atomic E-state index is 12.2. The van der Waals surface area contributed by atoms with Crippen LogP contribution in [-0.4, -0.2) is 33.3 Å². The second kappa shape index (κ2) is 6.21. The number of nitrogens with zero attached hydrogens (tertiary/aromatic N) is 3. The number of aromatic nitrogens is 2. The number of anilines is 1. The molecule has 1 amide bonds. The standard InChI is InChI=1S/C13H12ClN3O3/c14-10-2-4-11(5-3-10)17(9-13(19)20)12(18)8-16-7-1-6-15-16/h1-7H,8-9H2,(H,19,20). The summed E-state index contributed by atoms with van der Waals surface area (Å²) >= 11 is 5.78. The first kappa shape index (κ1) is 14.1. The molecule has 20 heavy (non-hydrogen) atoms. The van der Waals surface area contributed by atoms with Gasteiger partial charge in [0.2, 0.25) is 5.91 Å². The van der Waals surface area contributed by atoms with Crippen molar-refractivity contribution in [2.45, 2.75) is 6.54 Å². The Balaban J connectivity index is 2.20. The van der Waals surface area contributed by atoms with E-state index in [4.69, 9.17) is 16.7 Å². The fraction of sp³-hybridized carbons (Fsp3) is 0.154. The lowest BCUT2D eigenvalue weighted by atomic mass is 10.2. The smallest absolute Gasteiger partial charge is 0.323 e. The highest BCUT2D eigenvalue weighted by molar-refractivity contribution is 6.30. The molecule has 2 rings (SSSR count). The molecule has 0 unspecified atom stereocenters. The summed E-state index contributed by atoms with van der Waals surface area (Å²) in [6.07, 6.45) is 3.19. The summed E-state index contributed by atoms with van der Waals surface area (Å²) in [5, 5.41) is 13.4. The van der Waals surface area contributed by atoms with Crippen molar-refractivity contribution >= 4 is 29.2 Å². The molecular weight excluding hydrogens is 282 g/mol. The number of hydrogen-bond acceptors (Lipinski definition) is 3. The van der Waals surface area contributed by atoms with Crippen LogP contribution in [0.3, 0.4) is 0 Å². The molecule has 0 saturated heterocycles. The SMILES string of the molecule is O=C(O)CN(C(=O)Cn1cccn1)c1ccc(Cl)cc1. The molecule has 0 saturated carbocycles. The molecule has 0 radical (unpaired) electrons. The molecule has 0 spiro atoms. The summed E-state index contributed by atoms with van der Waals surface area (Å²) < 4.78 is 1.44. The van der Waals surface area contributed by atoms with Gasteiger partial charge in [0, 0.05) is 23.1 Å². The summed E-state index contributed by atoms with van der Waals surface area (Å²) in [5.41, 5.74) is 0.481. The van der Waals surface area contributed by atoms with E-state index in [0.717, 1.165) is 0 Å². The highest BCUT2D eigenvalue weighted by Crippen LogP contribution is 2.18. The van der Waals surface area contributed by atoms with Crippen molar-refractivity contribution in [3.05, 3.63) is 47.7 Å². The first-order chi connectivity index (χ1) is 9.56. The Hall–Kier alpha value is -2.34. The van der Waals surface area contributed by atoms with Gasteiger partial charge in [0.25, 0.3) is 0 Å². The molecule has 0 aliphatic rings. The van der Waals surface area contributed by atoms with Gasteiger partial charge in [0.15, 0.2) is 0 Å². The molecule has 1 aromatic carbocycles. The van der Waals surface area contributed by atoms with E-state index in [2.05, 4.69) is 5.10 Å². The molecule has 104 valence electrons. The molecule has 0 aliphatic heterocycles. The zero-order valence-corrected chi connectivity index (χ0v) is 11.2. The van der Waals surface area contributed by atoms with Crippen LogP contribution >= 0.6 is 11.6 Å². The lowest BCUT2D eigenvalue weighted by molar-refractivity contribution is -0.136. The molecular formula is C13H12ClN3O3. The number of carboxylic acid groups (broad SMARTS) is 1. The van der Waals surface area contributed by atoms with Gasteiger partial charge in [0.05, 0.1) is 0 Å². The van der Waals surface area contributed by atoms with Gasteiger partial charge in [-0.15, -0.1) is 0 Å². The van der Waals surface area contributed by atoms with Gasteiger partial charge in [-0.2, -0.15) is 5.10 Å². The average Bonchev–Trinajstić information content (AvgIpc) is 2.89. The molecule has 1 aromatic heterocycles. The van der Waals surface area contributed by atoms with E-state index in [-0.39, 0.29) is 12.5 Å². The zero-order valence-electron chi connectivity index (χ0n) is 10.4. The van der Waals surface area contributed by atoms with Crippen molar-refractivity contribution in [1.82, 2.24) is 9.78 Å². The third-order valence-electron chi connectivity index (χ3n) is 2.59. The first-order valence-electron chi connectivity index (χ1n) is 5.81. The van der Waals surface area contributed by atoms with E-state index in [1.165, 1.54) is 9.58 Å². The topological polar surface area (TPSA) is 75.4 Å². The summed E-state index contributed by atoms with van der Waals surface area (Å²) in [6.45, 7) is -0.440. The maximum Gasteiger partial charge on any atom is 0.323 e. The van der Waals surface area contributed by atoms with Crippen LogP contribution in [0, 0.1) is 0 Å². The van der Waals surface area contributed by atoms with Crippen molar-refractivity contribution in [3.63, 3.8) is 0 Å². The van der Waals surface area contributed by atoms with Crippen LogP contribution in [-0.2, 0) is 16.1 Å². The van der Waals surface area contributed by atoms with Crippen molar-refractivity contribution in [2.24, 2.45) is 0 Å². The van der Waals surface area contributed by atoms with Crippen LogP contribution < -0.4 is 4.90 Å². The van der Waals surface area contributed by atoms with Crippen LogP contribution in [0.2, 0.25) is 5.02 Å². The van der Waals surface area contributed by atoms with Crippen molar-refractivity contribution in [3.8, 4) is 0 Å². The third-order valence-corrected chi connectivity index (χ3v) is 2.84. The van der Waals surface area contributed by atoms with Crippen LogP contribution in [0.15, 0.2) is 42.7 Å². The van der Waals surface area contributed by atoms with E-state index < -0.39 is 12.5 Å². The van der Waals surface area contributed by atoms with Gasteiger partial charge in [-0.05, 0) is 30.3 Å². The summed E-state index contributed by atoms with van der Waals surface area (Å²) in [7, 11) is 0. The van der Waals surface area contributed by atoms with Gasteiger partial charge in [-0.1, -0.05) is 11.6 Å².